The Morgan fingerprint density at radius 1 is 1.23 bits per heavy atom. The zero-order valence-corrected chi connectivity index (χ0v) is 21.0. The highest BCUT2D eigenvalue weighted by Crippen LogP contribution is 2.38. The van der Waals surface area contributed by atoms with Crippen molar-refractivity contribution in [2.45, 2.75) is 50.2 Å². The molecule has 3 aromatic rings. The van der Waals surface area contributed by atoms with Crippen molar-refractivity contribution in [2.24, 2.45) is 0 Å². The van der Waals surface area contributed by atoms with Crippen LogP contribution >= 0.6 is 11.8 Å². The fraction of sp³-hybridized carbons (Fsp3) is 0.385. The molecule has 0 radical (unpaired) electrons. The normalized spacial score (nSPS) is 19.6. The van der Waals surface area contributed by atoms with Crippen molar-refractivity contribution < 1.29 is 23.7 Å². The van der Waals surface area contributed by atoms with E-state index in [9.17, 15) is 4.79 Å². The number of thioether (sulfide) groups is 1. The Kier molecular flexibility index (Phi) is 8.33. The Morgan fingerprint density at radius 3 is 2.66 bits per heavy atom. The minimum Gasteiger partial charge on any atom is -0.491 e. The maximum atomic E-state index is 11.6. The van der Waals surface area contributed by atoms with E-state index in [1.54, 1.807) is 31.2 Å². The maximum Gasteiger partial charge on any atom is 0.411 e. The molecule has 0 bridgehead atoms. The number of amides is 1. The second-order valence-corrected chi connectivity index (χ2v) is 9.50. The molecule has 35 heavy (non-hydrogen) atoms. The van der Waals surface area contributed by atoms with Crippen LogP contribution in [0.3, 0.4) is 0 Å². The Balaban J connectivity index is 1.40. The molecule has 2 heterocycles. The number of hydrogen-bond acceptors (Lipinski definition) is 7. The molecule has 1 fully saturated rings. The summed E-state index contributed by atoms with van der Waals surface area (Å²) in [4.78, 5) is 16.8. The molecule has 0 aliphatic carbocycles. The van der Waals surface area contributed by atoms with Crippen LogP contribution in [0.25, 0.3) is 0 Å². The molecule has 8 nitrogen and oxygen atoms in total. The minimum absolute atomic E-state index is 0.0903. The lowest BCUT2D eigenvalue weighted by molar-refractivity contribution is -0.184. The van der Waals surface area contributed by atoms with Gasteiger partial charge in [-0.3, -0.25) is 5.32 Å². The number of carbonyl (C=O) groups excluding carboxylic acids is 1. The van der Waals surface area contributed by atoms with Crippen LogP contribution in [-0.2, 0) is 26.5 Å². The van der Waals surface area contributed by atoms with Crippen LogP contribution in [0.5, 0.6) is 5.75 Å². The van der Waals surface area contributed by atoms with E-state index in [1.807, 2.05) is 73.1 Å². The Morgan fingerprint density at radius 2 is 2.00 bits per heavy atom. The van der Waals surface area contributed by atoms with Crippen molar-refractivity contribution >= 4 is 23.5 Å². The molecule has 1 amide bonds. The van der Waals surface area contributed by atoms with Crippen LogP contribution in [-0.4, -0.2) is 46.8 Å². The van der Waals surface area contributed by atoms with Gasteiger partial charge in [0.15, 0.2) is 0 Å². The van der Waals surface area contributed by atoms with Gasteiger partial charge in [-0.2, -0.15) is 0 Å². The van der Waals surface area contributed by atoms with Gasteiger partial charge in [0.1, 0.15) is 5.75 Å². The van der Waals surface area contributed by atoms with Crippen molar-refractivity contribution in [1.29, 1.82) is 0 Å². The summed E-state index contributed by atoms with van der Waals surface area (Å²) in [6.45, 7) is 7.09. The number of imidazole rings is 1. The number of carbonyl (C=O) groups is 1. The molecule has 0 saturated carbocycles. The molecule has 2 aromatic carbocycles. The van der Waals surface area contributed by atoms with Gasteiger partial charge in [-0.15, -0.1) is 11.8 Å². The fourth-order valence-electron chi connectivity index (χ4n) is 3.76. The molecule has 1 aliphatic rings. The van der Waals surface area contributed by atoms with Gasteiger partial charge in [0, 0.05) is 34.3 Å². The van der Waals surface area contributed by atoms with Gasteiger partial charge in [-0.1, -0.05) is 0 Å². The highest BCUT2D eigenvalue weighted by Gasteiger charge is 2.43. The van der Waals surface area contributed by atoms with Crippen LogP contribution in [0.4, 0.5) is 10.5 Å². The Labute approximate surface area is 209 Å². The SMILES string of the molecule is CCOC(=O)Nc1ccc(SCC2COC(Cn3ccnc3)(c3ccc(OC(C)C)cc3)O2)cc1. The summed E-state index contributed by atoms with van der Waals surface area (Å²) in [6.07, 6.45) is 4.97. The van der Waals surface area contributed by atoms with Crippen molar-refractivity contribution in [3.8, 4) is 5.75 Å². The summed E-state index contributed by atoms with van der Waals surface area (Å²) in [5.41, 5.74) is 1.63. The molecule has 2 atom stereocenters. The van der Waals surface area contributed by atoms with Gasteiger partial charge in [-0.05, 0) is 69.3 Å². The topological polar surface area (TPSA) is 83.8 Å². The van der Waals surface area contributed by atoms with E-state index >= 15 is 0 Å². The van der Waals surface area contributed by atoms with Crippen molar-refractivity contribution in [2.75, 3.05) is 24.3 Å². The van der Waals surface area contributed by atoms with Crippen molar-refractivity contribution in [1.82, 2.24) is 9.55 Å². The summed E-state index contributed by atoms with van der Waals surface area (Å²) >= 11 is 1.68. The molecule has 186 valence electrons. The lowest BCUT2D eigenvalue weighted by Gasteiger charge is -2.29. The molecule has 1 aromatic heterocycles. The molecular weight excluding hydrogens is 466 g/mol. The number of nitrogens with one attached hydrogen (secondary N) is 1. The molecule has 1 saturated heterocycles. The number of hydrogen-bond donors (Lipinski definition) is 1. The minimum atomic E-state index is -0.907. The average molecular weight is 498 g/mol. The number of rotatable bonds is 10. The first kappa shape index (κ1) is 25.1. The maximum absolute atomic E-state index is 11.6. The number of anilines is 1. The van der Waals surface area contributed by atoms with E-state index in [0.717, 1.165) is 22.0 Å². The van der Waals surface area contributed by atoms with E-state index in [-0.39, 0.29) is 12.2 Å². The van der Waals surface area contributed by atoms with E-state index in [4.69, 9.17) is 18.9 Å². The molecule has 4 rings (SSSR count). The largest absolute Gasteiger partial charge is 0.491 e. The lowest BCUT2D eigenvalue weighted by atomic mass is 10.1. The van der Waals surface area contributed by atoms with E-state index in [0.29, 0.717) is 25.4 Å². The van der Waals surface area contributed by atoms with Gasteiger partial charge in [0.25, 0.3) is 0 Å². The molecule has 0 spiro atoms. The van der Waals surface area contributed by atoms with Gasteiger partial charge in [-0.25, -0.2) is 9.78 Å². The fourth-order valence-corrected chi connectivity index (χ4v) is 4.63. The number of nitrogens with zero attached hydrogens (tertiary/aromatic N) is 2. The van der Waals surface area contributed by atoms with Crippen LogP contribution in [0.15, 0.2) is 72.1 Å². The zero-order chi connectivity index (χ0) is 24.7. The number of aromatic nitrogens is 2. The summed E-state index contributed by atoms with van der Waals surface area (Å²) in [6, 6.07) is 15.5. The first-order valence-corrected chi connectivity index (χ1v) is 12.7. The lowest BCUT2D eigenvalue weighted by Crippen LogP contribution is -2.33. The quantitative estimate of drug-likeness (QED) is 0.381. The van der Waals surface area contributed by atoms with Crippen molar-refractivity contribution in [3.63, 3.8) is 0 Å². The standard InChI is InChI=1S/C26H31N3O5S/c1-4-31-25(30)28-21-7-11-24(12-8-21)35-16-23-15-32-26(34-23,17-29-14-13-27-18-29)20-5-9-22(10-6-20)33-19(2)3/h5-14,18-19,23H,4,15-17H2,1-3H3,(H,28,30). The predicted molar refractivity (Wildman–Crippen MR) is 135 cm³/mol. The summed E-state index contributed by atoms with van der Waals surface area (Å²) < 4.78 is 25.5. The van der Waals surface area contributed by atoms with Crippen molar-refractivity contribution in [3.05, 3.63) is 72.8 Å². The Bertz CT molecular complexity index is 1070. The van der Waals surface area contributed by atoms with Gasteiger partial charge >= 0.3 is 6.09 Å². The van der Waals surface area contributed by atoms with Gasteiger partial charge < -0.3 is 23.5 Å². The van der Waals surface area contributed by atoms with Crippen LogP contribution in [0.2, 0.25) is 0 Å². The van der Waals surface area contributed by atoms with Crippen LogP contribution in [0.1, 0.15) is 26.3 Å². The average Bonchev–Trinajstić information content (AvgIpc) is 3.50. The Hall–Kier alpha value is -3.01. The highest BCUT2D eigenvalue weighted by atomic mass is 32.2. The third kappa shape index (κ3) is 6.78. The summed E-state index contributed by atoms with van der Waals surface area (Å²) in [7, 11) is 0. The van der Waals surface area contributed by atoms with E-state index in [1.165, 1.54) is 0 Å². The second kappa shape index (κ2) is 11.6. The molecule has 1 N–H and O–H groups in total. The molecule has 2 unspecified atom stereocenters. The molecule has 9 heteroatoms. The van der Waals surface area contributed by atoms with Gasteiger partial charge in [0.2, 0.25) is 5.79 Å². The highest BCUT2D eigenvalue weighted by molar-refractivity contribution is 7.99. The third-order valence-corrected chi connectivity index (χ3v) is 6.43. The number of benzene rings is 2. The summed E-state index contributed by atoms with van der Waals surface area (Å²) in [5.74, 6) is 0.633. The summed E-state index contributed by atoms with van der Waals surface area (Å²) in [5, 5.41) is 2.70. The van der Waals surface area contributed by atoms with E-state index < -0.39 is 11.9 Å². The van der Waals surface area contributed by atoms with Gasteiger partial charge in [0.05, 0.1) is 38.3 Å². The van der Waals surface area contributed by atoms with Crippen LogP contribution in [0, 0.1) is 0 Å². The molecular formula is C26H31N3O5S. The zero-order valence-electron chi connectivity index (χ0n) is 20.2. The smallest absolute Gasteiger partial charge is 0.411 e. The second-order valence-electron chi connectivity index (χ2n) is 8.41. The third-order valence-electron chi connectivity index (χ3n) is 5.29. The van der Waals surface area contributed by atoms with Crippen LogP contribution < -0.4 is 10.1 Å². The molecule has 1 aliphatic heterocycles. The predicted octanol–water partition coefficient (Wildman–Crippen LogP) is 5.30. The van der Waals surface area contributed by atoms with E-state index in [2.05, 4.69) is 10.3 Å². The first-order valence-electron chi connectivity index (χ1n) is 11.7. The first-order chi connectivity index (χ1) is 17.0. The number of ether oxygens (including phenoxy) is 4. The monoisotopic (exact) mass is 497 g/mol.